The Hall–Kier alpha value is -2.90. The highest BCUT2D eigenvalue weighted by Crippen LogP contribution is 2.30. The first-order chi connectivity index (χ1) is 12.2. The van der Waals surface area contributed by atoms with Crippen molar-refractivity contribution >= 4 is 16.9 Å². The second kappa shape index (κ2) is 6.19. The van der Waals surface area contributed by atoms with Crippen LogP contribution in [0.2, 0.25) is 0 Å². The molecule has 1 aliphatic heterocycles. The van der Waals surface area contributed by atoms with Crippen LogP contribution < -0.4 is 5.69 Å². The molecule has 3 aromatic rings. The third-order valence-electron chi connectivity index (χ3n) is 4.63. The largest absolute Gasteiger partial charge is 0.339 e. The number of amides is 1. The number of carbonyl (C=O) groups excluding carboxylic acids is 1. The maximum absolute atomic E-state index is 12.8. The zero-order valence-electron chi connectivity index (χ0n) is 13.9. The smallest absolute Gasteiger partial charge is 0.326 e. The number of fused-ring (bicyclic) bond motifs is 1. The van der Waals surface area contributed by atoms with Crippen LogP contribution in [0, 0.1) is 0 Å². The molecule has 4 rings (SSSR count). The maximum Gasteiger partial charge on any atom is 0.326 e. The highest BCUT2D eigenvalue weighted by Gasteiger charge is 2.33. The van der Waals surface area contributed by atoms with Crippen LogP contribution >= 0.6 is 0 Å². The van der Waals surface area contributed by atoms with Crippen molar-refractivity contribution in [2.24, 2.45) is 0 Å². The topological polar surface area (TPSA) is 97.0 Å². The predicted octanol–water partition coefficient (Wildman–Crippen LogP) is 1.64. The molecule has 0 saturated carbocycles. The molecule has 3 heterocycles. The van der Waals surface area contributed by atoms with Gasteiger partial charge in [0.2, 0.25) is 11.8 Å². The van der Waals surface area contributed by atoms with E-state index in [-0.39, 0.29) is 24.2 Å². The van der Waals surface area contributed by atoms with Crippen molar-refractivity contribution in [2.75, 3.05) is 6.54 Å². The number of rotatable bonds is 4. The van der Waals surface area contributed by atoms with Crippen LogP contribution in [0.15, 0.2) is 33.6 Å². The van der Waals surface area contributed by atoms with Gasteiger partial charge in [0.15, 0.2) is 5.82 Å². The monoisotopic (exact) mass is 341 g/mol. The summed E-state index contributed by atoms with van der Waals surface area (Å²) in [5.41, 5.74) is 1.17. The molecule has 1 aromatic carbocycles. The Bertz CT molecular complexity index is 970. The van der Waals surface area contributed by atoms with Crippen molar-refractivity contribution < 1.29 is 9.32 Å². The first-order valence-electron chi connectivity index (χ1n) is 8.47. The molecule has 2 aromatic heterocycles. The fraction of sp³-hybridized carbons (Fsp3) is 0.412. The molecule has 0 unspecified atom stereocenters. The maximum atomic E-state index is 12.8. The number of aromatic amines is 1. The Morgan fingerprint density at radius 3 is 3.04 bits per heavy atom. The number of H-pyrrole nitrogens is 1. The molecular weight excluding hydrogens is 322 g/mol. The van der Waals surface area contributed by atoms with E-state index in [9.17, 15) is 9.59 Å². The standard InChI is InChI=1S/C17H19N5O3/c1-2-14-19-16(20-25-14)13-8-5-9-21(13)15(23)10-22-12-7-4-3-6-11(12)18-17(22)24/h3-4,6-7,13H,2,5,8-10H2,1H3,(H,18,24)/t13-/m0/s1. The Morgan fingerprint density at radius 1 is 1.40 bits per heavy atom. The number of aryl methyl sites for hydroxylation is 1. The average molecular weight is 341 g/mol. The van der Waals surface area contributed by atoms with Gasteiger partial charge in [0.05, 0.1) is 17.1 Å². The highest BCUT2D eigenvalue weighted by atomic mass is 16.5. The molecule has 1 amide bonds. The average Bonchev–Trinajstić information content (AvgIpc) is 3.33. The molecule has 8 nitrogen and oxygen atoms in total. The molecule has 0 aliphatic carbocycles. The van der Waals surface area contributed by atoms with Crippen molar-refractivity contribution in [1.29, 1.82) is 0 Å². The van der Waals surface area contributed by atoms with Gasteiger partial charge in [0, 0.05) is 13.0 Å². The molecule has 1 saturated heterocycles. The fourth-order valence-corrected chi connectivity index (χ4v) is 3.37. The SMILES string of the molecule is CCc1nc([C@@H]2CCCN2C(=O)Cn2c(=O)[nH]c3ccccc32)no1. The summed E-state index contributed by atoms with van der Waals surface area (Å²) in [4.78, 5) is 33.9. The lowest BCUT2D eigenvalue weighted by atomic mass is 10.2. The minimum Gasteiger partial charge on any atom is -0.339 e. The van der Waals surface area contributed by atoms with E-state index in [1.165, 1.54) is 4.57 Å². The summed E-state index contributed by atoms with van der Waals surface area (Å²) in [6.07, 6.45) is 2.35. The quantitative estimate of drug-likeness (QED) is 0.778. The van der Waals surface area contributed by atoms with E-state index >= 15 is 0 Å². The number of likely N-dealkylation sites (tertiary alicyclic amines) is 1. The van der Waals surface area contributed by atoms with E-state index in [0.29, 0.717) is 24.7 Å². The van der Waals surface area contributed by atoms with E-state index in [1.54, 1.807) is 4.90 Å². The van der Waals surface area contributed by atoms with Gasteiger partial charge in [-0.25, -0.2) is 4.79 Å². The second-order valence-electron chi connectivity index (χ2n) is 6.18. The molecule has 1 fully saturated rings. The van der Waals surface area contributed by atoms with Gasteiger partial charge >= 0.3 is 5.69 Å². The van der Waals surface area contributed by atoms with E-state index in [0.717, 1.165) is 23.9 Å². The summed E-state index contributed by atoms with van der Waals surface area (Å²) in [6, 6.07) is 7.16. The molecule has 130 valence electrons. The van der Waals surface area contributed by atoms with Gasteiger partial charge in [0.25, 0.3) is 0 Å². The summed E-state index contributed by atoms with van der Waals surface area (Å²) in [5, 5.41) is 4.01. The van der Waals surface area contributed by atoms with Gasteiger partial charge in [-0.15, -0.1) is 0 Å². The Balaban J connectivity index is 1.59. The second-order valence-corrected chi connectivity index (χ2v) is 6.18. The first kappa shape index (κ1) is 15.6. The molecule has 0 radical (unpaired) electrons. The number of benzene rings is 1. The third kappa shape index (κ3) is 2.73. The number of hydrogen-bond donors (Lipinski definition) is 1. The van der Waals surface area contributed by atoms with Crippen LogP contribution in [0.5, 0.6) is 0 Å². The molecule has 1 aliphatic rings. The minimum atomic E-state index is -0.280. The normalized spacial score (nSPS) is 17.5. The number of hydrogen-bond acceptors (Lipinski definition) is 5. The summed E-state index contributed by atoms with van der Waals surface area (Å²) in [7, 11) is 0. The predicted molar refractivity (Wildman–Crippen MR) is 89.9 cm³/mol. The zero-order chi connectivity index (χ0) is 17.4. The lowest BCUT2D eigenvalue weighted by Crippen LogP contribution is -2.36. The van der Waals surface area contributed by atoms with Crippen LogP contribution in [0.3, 0.4) is 0 Å². The molecule has 25 heavy (non-hydrogen) atoms. The zero-order valence-corrected chi connectivity index (χ0v) is 13.9. The number of nitrogens with zero attached hydrogens (tertiary/aromatic N) is 4. The molecule has 0 spiro atoms. The van der Waals surface area contributed by atoms with Crippen LogP contribution in [-0.4, -0.2) is 37.0 Å². The van der Waals surface area contributed by atoms with E-state index in [1.807, 2.05) is 31.2 Å². The van der Waals surface area contributed by atoms with Crippen molar-refractivity contribution in [3.8, 4) is 0 Å². The summed E-state index contributed by atoms with van der Waals surface area (Å²) >= 11 is 0. The van der Waals surface area contributed by atoms with Crippen LogP contribution in [0.1, 0.15) is 37.5 Å². The number of aromatic nitrogens is 4. The van der Waals surface area contributed by atoms with Crippen molar-refractivity contribution in [3.63, 3.8) is 0 Å². The molecular formula is C17H19N5O3. The first-order valence-corrected chi connectivity index (χ1v) is 8.47. The van der Waals surface area contributed by atoms with Gasteiger partial charge in [0.1, 0.15) is 6.54 Å². The van der Waals surface area contributed by atoms with Gasteiger partial charge < -0.3 is 14.4 Å². The van der Waals surface area contributed by atoms with Crippen molar-refractivity contribution in [3.05, 3.63) is 46.5 Å². The van der Waals surface area contributed by atoms with Crippen LogP contribution in [0.25, 0.3) is 11.0 Å². The lowest BCUT2D eigenvalue weighted by Gasteiger charge is -2.22. The number of nitrogens with one attached hydrogen (secondary N) is 1. The van der Waals surface area contributed by atoms with Gasteiger partial charge in [-0.2, -0.15) is 4.98 Å². The fourth-order valence-electron chi connectivity index (χ4n) is 3.37. The van der Waals surface area contributed by atoms with Crippen LogP contribution in [0.4, 0.5) is 0 Å². The number of carbonyl (C=O) groups is 1. The van der Waals surface area contributed by atoms with E-state index in [4.69, 9.17) is 4.52 Å². The molecule has 0 bridgehead atoms. The minimum absolute atomic E-state index is 0.00215. The summed E-state index contributed by atoms with van der Waals surface area (Å²) < 4.78 is 6.65. The van der Waals surface area contributed by atoms with Gasteiger partial charge in [-0.05, 0) is 25.0 Å². The van der Waals surface area contributed by atoms with Crippen LogP contribution in [-0.2, 0) is 17.8 Å². The Kier molecular flexibility index (Phi) is 3.87. The van der Waals surface area contributed by atoms with E-state index < -0.39 is 0 Å². The van der Waals surface area contributed by atoms with Gasteiger partial charge in [-0.1, -0.05) is 24.2 Å². The number of imidazole rings is 1. The summed E-state index contributed by atoms with van der Waals surface area (Å²) in [6.45, 7) is 2.58. The van der Waals surface area contributed by atoms with Crippen molar-refractivity contribution in [2.45, 2.75) is 38.8 Å². The molecule has 1 atom stereocenters. The highest BCUT2D eigenvalue weighted by molar-refractivity contribution is 5.81. The van der Waals surface area contributed by atoms with E-state index in [2.05, 4.69) is 15.1 Å². The molecule has 1 N–H and O–H groups in total. The summed E-state index contributed by atoms with van der Waals surface area (Å²) in [5.74, 6) is 1.01. The van der Waals surface area contributed by atoms with Gasteiger partial charge in [-0.3, -0.25) is 9.36 Å². The van der Waals surface area contributed by atoms with Crippen molar-refractivity contribution in [1.82, 2.24) is 24.6 Å². The Morgan fingerprint density at radius 2 is 2.24 bits per heavy atom. The third-order valence-corrected chi connectivity index (χ3v) is 4.63. The molecule has 8 heteroatoms. The lowest BCUT2D eigenvalue weighted by molar-refractivity contribution is -0.132. The number of para-hydroxylation sites is 2. The Labute approximate surface area is 143 Å².